The smallest absolute Gasteiger partial charge is 0.0948 e. The number of imidazole rings is 1. The van der Waals surface area contributed by atoms with Crippen LogP contribution >= 0.6 is 0 Å². The van der Waals surface area contributed by atoms with Crippen molar-refractivity contribution in [2.75, 3.05) is 0 Å². The molecule has 1 N–H and O–H groups in total. The Morgan fingerprint density at radius 3 is 3.11 bits per heavy atom. The summed E-state index contributed by atoms with van der Waals surface area (Å²) in [5.41, 5.74) is 2.62. The van der Waals surface area contributed by atoms with Gasteiger partial charge in [-0.1, -0.05) is 0 Å². The maximum atomic E-state index is 4.20. The first-order valence-electron chi connectivity index (χ1n) is 6.72. The van der Waals surface area contributed by atoms with Gasteiger partial charge in [0, 0.05) is 37.7 Å². The molecule has 0 aliphatic heterocycles. The van der Waals surface area contributed by atoms with E-state index in [2.05, 4.69) is 44.8 Å². The number of hydrogen-bond acceptors (Lipinski definition) is 2. The van der Waals surface area contributed by atoms with Crippen LogP contribution in [0.25, 0.3) is 0 Å². The van der Waals surface area contributed by atoms with Crippen molar-refractivity contribution in [3.63, 3.8) is 0 Å². The highest BCUT2D eigenvalue weighted by atomic mass is 15.1. The van der Waals surface area contributed by atoms with E-state index in [9.17, 15) is 0 Å². The van der Waals surface area contributed by atoms with Crippen molar-refractivity contribution in [2.45, 2.75) is 45.4 Å². The highest BCUT2D eigenvalue weighted by molar-refractivity contribution is 5.12. The summed E-state index contributed by atoms with van der Waals surface area (Å²) in [6, 6.07) is 2.97. The van der Waals surface area contributed by atoms with Crippen LogP contribution in [0, 0.1) is 0 Å². The van der Waals surface area contributed by atoms with Crippen molar-refractivity contribution in [1.82, 2.24) is 19.4 Å². The van der Waals surface area contributed by atoms with Crippen LogP contribution in [-0.2, 0) is 19.6 Å². The monoisotopic (exact) mass is 244 g/mol. The van der Waals surface area contributed by atoms with E-state index in [1.54, 1.807) is 0 Å². The van der Waals surface area contributed by atoms with Crippen LogP contribution in [0.3, 0.4) is 0 Å². The van der Waals surface area contributed by atoms with Gasteiger partial charge >= 0.3 is 0 Å². The van der Waals surface area contributed by atoms with Gasteiger partial charge in [0.2, 0.25) is 0 Å². The van der Waals surface area contributed by atoms with Crippen molar-refractivity contribution >= 4 is 0 Å². The van der Waals surface area contributed by atoms with Gasteiger partial charge in [-0.05, 0) is 31.4 Å². The van der Waals surface area contributed by atoms with Gasteiger partial charge in [0.05, 0.1) is 18.6 Å². The summed E-state index contributed by atoms with van der Waals surface area (Å²) >= 11 is 0. The van der Waals surface area contributed by atoms with E-state index in [0.29, 0.717) is 0 Å². The Bertz CT molecular complexity index is 507. The minimum atomic E-state index is 0.773. The molecule has 1 aliphatic carbocycles. The highest BCUT2D eigenvalue weighted by Gasteiger charge is 2.19. The maximum Gasteiger partial charge on any atom is 0.0948 e. The Hall–Kier alpha value is -1.55. The van der Waals surface area contributed by atoms with Gasteiger partial charge in [0.15, 0.2) is 0 Å². The molecule has 0 amide bonds. The van der Waals surface area contributed by atoms with Crippen molar-refractivity contribution < 1.29 is 0 Å². The molecule has 4 nitrogen and oxygen atoms in total. The molecule has 18 heavy (non-hydrogen) atoms. The van der Waals surface area contributed by atoms with Gasteiger partial charge in [-0.25, -0.2) is 4.98 Å². The fraction of sp³-hybridized carbons (Fsp3) is 0.500. The second-order valence-electron chi connectivity index (χ2n) is 5.02. The quantitative estimate of drug-likeness (QED) is 0.843. The van der Waals surface area contributed by atoms with E-state index < -0.39 is 0 Å². The summed E-state index contributed by atoms with van der Waals surface area (Å²) in [4.78, 5) is 4.20. The average molecular weight is 244 g/mol. The Kier molecular flexibility index (Phi) is 3.19. The lowest BCUT2D eigenvalue weighted by Crippen LogP contribution is -2.14. The lowest BCUT2D eigenvalue weighted by atomic mass is 10.3. The number of rotatable bonds is 6. The van der Waals surface area contributed by atoms with Gasteiger partial charge in [-0.2, -0.15) is 0 Å². The number of hydrogen-bond donors (Lipinski definition) is 1. The molecule has 0 radical (unpaired) electrons. The Labute approximate surface area is 108 Å². The van der Waals surface area contributed by atoms with Crippen LogP contribution < -0.4 is 5.32 Å². The fourth-order valence-corrected chi connectivity index (χ4v) is 2.19. The fourth-order valence-electron chi connectivity index (χ4n) is 2.19. The SMILES string of the molecule is CCn1cncc1Cn1ccc(CNC2CC2)c1. The molecule has 1 aliphatic rings. The van der Waals surface area contributed by atoms with Crippen molar-refractivity contribution in [3.8, 4) is 0 Å². The first kappa shape index (κ1) is 11.5. The topological polar surface area (TPSA) is 34.8 Å². The van der Waals surface area contributed by atoms with Crippen LogP contribution in [0.15, 0.2) is 31.0 Å². The Balaban J connectivity index is 1.61. The van der Waals surface area contributed by atoms with Crippen LogP contribution in [0.4, 0.5) is 0 Å². The zero-order chi connectivity index (χ0) is 12.4. The third-order valence-corrected chi connectivity index (χ3v) is 3.47. The van der Waals surface area contributed by atoms with Crippen molar-refractivity contribution in [2.24, 2.45) is 0 Å². The summed E-state index contributed by atoms with van der Waals surface area (Å²) < 4.78 is 4.41. The molecule has 2 heterocycles. The summed E-state index contributed by atoms with van der Waals surface area (Å²) in [5.74, 6) is 0. The molecule has 1 saturated carbocycles. The predicted molar refractivity (Wildman–Crippen MR) is 71.3 cm³/mol. The molecule has 0 atom stereocenters. The molecule has 4 heteroatoms. The molecule has 0 spiro atoms. The molecule has 96 valence electrons. The Morgan fingerprint density at radius 2 is 2.33 bits per heavy atom. The standard InChI is InChI=1S/C14H20N4/c1-2-18-11-15-8-14(18)10-17-6-5-12(9-17)7-16-13-3-4-13/h5-6,8-9,11,13,16H,2-4,7,10H2,1H3. The van der Waals surface area contributed by atoms with Crippen LogP contribution in [0.1, 0.15) is 31.0 Å². The van der Waals surface area contributed by atoms with Gasteiger partial charge in [0.1, 0.15) is 0 Å². The highest BCUT2D eigenvalue weighted by Crippen LogP contribution is 2.19. The zero-order valence-corrected chi connectivity index (χ0v) is 10.8. The lowest BCUT2D eigenvalue weighted by Gasteiger charge is -2.06. The van der Waals surface area contributed by atoms with Crippen LogP contribution in [-0.4, -0.2) is 20.2 Å². The van der Waals surface area contributed by atoms with Gasteiger partial charge in [0.25, 0.3) is 0 Å². The molecular formula is C14H20N4. The molecule has 3 rings (SSSR count). The van der Waals surface area contributed by atoms with Crippen LogP contribution in [0.2, 0.25) is 0 Å². The predicted octanol–water partition coefficient (Wildman–Crippen LogP) is 2.00. The first-order chi connectivity index (χ1) is 8.85. The third kappa shape index (κ3) is 2.64. The number of aromatic nitrogens is 3. The second kappa shape index (κ2) is 4.98. The van der Waals surface area contributed by atoms with Crippen molar-refractivity contribution in [1.29, 1.82) is 0 Å². The number of aryl methyl sites for hydroxylation is 1. The normalized spacial score (nSPS) is 15.2. The van der Waals surface area contributed by atoms with Gasteiger partial charge in [-0.3, -0.25) is 0 Å². The van der Waals surface area contributed by atoms with E-state index in [1.807, 2.05) is 12.5 Å². The minimum absolute atomic E-state index is 0.773. The van der Waals surface area contributed by atoms with Crippen LogP contribution in [0.5, 0.6) is 0 Å². The lowest BCUT2D eigenvalue weighted by molar-refractivity contribution is 0.663. The van der Waals surface area contributed by atoms with E-state index >= 15 is 0 Å². The third-order valence-electron chi connectivity index (χ3n) is 3.47. The molecule has 0 saturated heterocycles. The second-order valence-corrected chi connectivity index (χ2v) is 5.02. The minimum Gasteiger partial charge on any atom is -0.348 e. The number of nitrogens with one attached hydrogen (secondary N) is 1. The summed E-state index contributed by atoms with van der Waals surface area (Å²) in [5, 5.41) is 3.54. The molecule has 2 aromatic rings. The summed E-state index contributed by atoms with van der Waals surface area (Å²) in [6.45, 7) is 5.01. The molecule has 2 aromatic heterocycles. The van der Waals surface area contributed by atoms with E-state index in [1.165, 1.54) is 24.1 Å². The van der Waals surface area contributed by atoms with Crippen molar-refractivity contribution in [3.05, 3.63) is 42.2 Å². The van der Waals surface area contributed by atoms with Gasteiger partial charge < -0.3 is 14.5 Å². The molecular weight excluding hydrogens is 224 g/mol. The molecule has 0 aromatic carbocycles. The molecule has 0 bridgehead atoms. The molecule has 1 fully saturated rings. The first-order valence-corrected chi connectivity index (χ1v) is 6.72. The van der Waals surface area contributed by atoms with E-state index in [4.69, 9.17) is 0 Å². The number of nitrogens with zero attached hydrogens (tertiary/aromatic N) is 3. The van der Waals surface area contributed by atoms with E-state index in [0.717, 1.165) is 25.7 Å². The summed E-state index contributed by atoms with van der Waals surface area (Å²) in [7, 11) is 0. The average Bonchev–Trinajstić information content (AvgIpc) is 2.93. The maximum absolute atomic E-state index is 4.20. The molecule has 0 unspecified atom stereocenters. The van der Waals surface area contributed by atoms with E-state index in [-0.39, 0.29) is 0 Å². The summed E-state index contributed by atoms with van der Waals surface area (Å²) in [6.07, 6.45) is 10.9. The zero-order valence-electron chi connectivity index (χ0n) is 10.8. The van der Waals surface area contributed by atoms with Gasteiger partial charge in [-0.15, -0.1) is 0 Å². The largest absolute Gasteiger partial charge is 0.348 e. The Morgan fingerprint density at radius 1 is 1.44 bits per heavy atom.